The van der Waals surface area contributed by atoms with E-state index in [1.54, 1.807) is 0 Å². The maximum atomic E-state index is 13.5. The molecule has 2 amide bonds. The van der Waals surface area contributed by atoms with Gasteiger partial charge in [-0.2, -0.15) is 0 Å². The molecule has 7 nitrogen and oxygen atoms in total. The summed E-state index contributed by atoms with van der Waals surface area (Å²) < 4.78 is 64.3. The van der Waals surface area contributed by atoms with Crippen molar-refractivity contribution in [2.75, 3.05) is 6.54 Å². The fourth-order valence-corrected chi connectivity index (χ4v) is 2.94. The van der Waals surface area contributed by atoms with E-state index in [0.29, 0.717) is 12.1 Å². The van der Waals surface area contributed by atoms with Crippen LogP contribution in [-0.2, 0) is 19.6 Å². The van der Waals surface area contributed by atoms with Crippen molar-refractivity contribution in [3.05, 3.63) is 29.6 Å². The van der Waals surface area contributed by atoms with Crippen LogP contribution in [-0.4, -0.2) is 38.0 Å². The summed E-state index contributed by atoms with van der Waals surface area (Å²) in [6, 6.07) is 0.795. The monoisotopic (exact) mass is 338 g/mol. The number of aliphatic hydroxyl groups excluding tert-OH is 1. The highest BCUT2D eigenvalue weighted by atomic mass is 32.2. The fourth-order valence-electron chi connectivity index (χ4n) is 1.87. The average Bonchev–Trinajstić information content (AvgIpc) is 2.74. The van der Waals surface area contributed by atoms with E-state index in [1.165, 1.54) is 4.72 Å². The Bertz CT molecular complexity index is 752. The van der Waals surface area contributed by atoms with E-state index >= 15 is 0 Å². The standard InChI is InChI=1S/C11H9F3N2O5S/c12-4-1-2-6(9(14)8(4)13)22(20,21)16-11(19)7-5(17)3-15-10(7)18/h1-2,5,7,17H,3H2,(H,15,18)(H,16,19). The smallest absolute Gasteiger partial charge is 0.267 e. The number of hydrogen-bond donors (Lipinski definition) is 3. The summed E-state index contributed by atoms with van der Waals surface area (Å²) in [6.07, 6.45) is -1.46. The Kier molecular flexibility index (Phi) is 4.11. The summed E-state index contributed by atoms with van der Waals surface area (Å²) in [7, 11) is -4.89. The molecule has 0 spiro atoms. The second-order valence-corrected chi connectivity index (χ2v) is 6.08. The number of hydrogen-bond acceptors (Lipinski definition) is 5. The van der Waals surface area contributed by atoms with Crippen molar-refractivity contribution in [2.24, 2.45) is 5.92 Å². The van der Waals surface area contributed by atoms with Crippen molar-refractivity contribution in [1.82, 2.24) is 10.0 Å². The lowest BCUT2D eigenvalue weighted by Gasteiger charge is -2.13. The molecule has 1 heterocycles. The van der Waals surface area contributed by atoms with Gasteiger partial charge in [-0.1, -0.05) is 0 Å². The summed E-state index contributed by atoms with van der Waals surface area (Å²) in [5.74, 6) is -9.65. The van der Waals surface area contributed by atoms with Crippen LogP contribution in [0.25, 0.3) is 0 Å². The van der Waals surface area contributed by atoms with Gasteiger partial charge in [-0.25, -0.2) is 26.3 Å². The van der Waals surface area contributed by atoms with E-state index in [1.807, 2.05) is 0 Å². The van der Waals surface area contributed by atoms with Crippen LogP contribution in [0.4, 0.5) is 13.2 Å². The van der Waals surface area contributed by atoms with Crippen LogP contribution in [0.2, 0.25) is 0 Å². The van der Waals surface area contributed by atoms with Gasteiger partial charge >= 0.3 is 0 Å². The molecule has 2 atom stereocenters. The average molecular weight is 338 g/mol. The zero-order chi connectivity index (χ0) is 16.7. The number of carbonyl (C=O) groups is 2. The topological polar surface area (TPSA) is 113 Å². The van der Waals surface area contributed by atoms with E-state index in [9.17, 15) is 36.3 Å². The fraction of sp³-hybridized carbons (Fsp3) is 0.273. The minimum atomic E-state index is -4.89. The van der Waals surface area contributed by atoms with Crippen molar-refractivity contribution >= 4 is 21.8 Å². The number of nitrogens with one attached hydrogen (secondary N) is 2. The predicted molar refractivity (Wildman–Crippen MR) is 64.2 cm³/mol. The Morgan fingerprint density at radius 2 is 1.91 bits per heavy atom. The molecule has 1 aliphatic heterocycles. The summed E-state index contributed by atoms with van der Waals surface area (Å²) in [4.78, 5) is 21.7. The Hall–Kier alpha value is -2.14. The molecule has 22 heavy (non-hydrogen) atoms. The van der Waals surface area contributed by atoms with Crippen LogP contribution < -0.4 is 10.0 Å². The van der Waals surface area contributed by atoms with Crippen molar-refractivity contribution in [3.63, 3.8) is 0 Å². The molecular formula is C11H9F3N2O5S. The van der Waals surface area contributed by atoms with Crippen LogP contribution >= 0.6 is 0 Å². The van der Waals surface area contributed by atoms with Gasteiger partial charge in [0.1, 0.15) is 10.8 Å². The summed E-state index contributed by atoms with van der Waals surface area (Å²) in [5, 5.41) is 11.5. The molecule has 1 aliphatic rings. The van der Waals surface area contributed by atoms with Crippen molar-refractivity contribution in [2.45, 2.75) is 11.0 Å². The minimum absolute atomic E-state index is 0.253. The Labute approximate surface area is 122 Å². The van der Waals surface area contributed by atoms with E-state index in [4.69, 9.17) is 0 Å². The highest BCUT2D eigenvalue weighted by Crippen LogP contribution is 2.20. The SMILES string of the molecule is O=C1NCC(O)C1C(=O)NS(=O)(=O)c1ccc(F)c(F)c1F. The number of sulfonamides is 1. The van der Waals surface area contributed by atoms with Crippen LogP contribution in [0.15, 0.2) is 17.0 Å². The first kappa shape index (κ1) is 16.2. The van der Waals surface area contributed by atoms with Crippen LogP contribution in [0, 0.1) is 23.4 Å². The molecule has 2 rings (SSSR count). The molecule has 2 unspecified atom stereocenters. The molecule has 11 heteroatoms. The summed E-state index contributed by atoms with van der Waals surface area (Å²) >= 11 is 0. The molecule has 1 aromatic rings. The predicted octanol–water partition coefficient (Wildman–Crippen LogP) is -0.984. The second-order valence-electron chi connectivity index (χ2n) is 4.43. The Balaban J connectivity index is 2.31. The second kappa shape index (κ2) is 5.57. The molecule has 1 fully saturated rings. The van der Waals surface area contributed by atoms with Gasteiger partial charge in [-0.3, -0.25) is 9.59 Å². The Morgan fingerprint density at radius 1 is 1.27 bits per heavy atom. The zero-order valence-electron chi connectivity index (χ0n) is 10.6. The van der Waals surface area contributed by atoms with Gasteiger partial charge in [-0.15, -0.1) is 0 Å². The molecule has 0 saturated carbocycles. The van der Waals surface area contributed by atoms with Gasteiger partial charge in [0.25, 0.3) is 10.0 Å². The normalized spacial score (nSPS) is 21.5. The van der Waals surface area contributed by atoms with Gasteiger partial charge in [-0.05, 0) is 12.1 Å². The third-order valence-electron chi connectivity index (χ3n) is 2.96. The lowest BCUT2D eigenvalue weighted by Crippen LogP contribution is -2.42. The number of carbonyl (C=O) groups excluding carboxylic acids is 2. The number of rotatable bonds is 3. The van der Waals surface area contributed by atoms with Gasteiger partial charge in [0.05, 0.1) is 6.10 Å². The number of halogens is 3. The van der Waals surface area contributed by atoms with Gasteiger partial charge in [0.2, 0.25) is 11.8 Å². The van der Waals surface area contributed by atoms with Crippen molar-refractivity contribution in [1.29, 1.82) is 0 Å². The molecule has 1 saturated heterocycles. The third kappa shape index (κ3) is 2.76. The lowest BCUT2D eigenvalue weighted by molar-refractivity contribution is -0.134. The number of β-amino-alcohol motifs (C(OH)–C–C–N with tert-alkyl or cyclic N) is 1. The quantitative estimate of drug-likeness (QED) is 0.484. The van der Waals surface area contributed by atoms with E-state index < -0.39 is 56.2 Å². The highest BCUT2D eigenvalue weighted by molar-refractivity contribution is 7.90. The molecule has 0 aromatic heterocycles. The molecule has 120 valence electrons. The maximum absolute atomic E-state index is 13.5. The molecular weight excluding hydrogens is 329 g/mol. The third-order valence-corrected chi connectivity index (χ3v) is 4.32. The molecule has 0 bridgehead atoms. The minimum Gasteiger partial charge on any atom is -0.390 e. The van der Waals surface area contributed by atoms with E-state index in [-0.39, 0.29) is 6.54 Å². The first-order chi connectivity index (χ1) is 10.1. The molecule has 3 N–H and O–H groups in total. The molecule has 0 aliphatic carbocycles. The Morgan fingerprint density at radius 3 is 2.45 bits per heavy atom. The van der Waals surface area contributed by atoms with Gasteiger partial charge in [0, 0.05) is 6.54 Å². The lowest BCUT2D eigenvalue weighted by atomic mass is 10.1. The molecule has 1 aromatic carbocycles. The van der Waals surface area contributed by atoms with Crippen LogP contribution in [0.5, 0.6) is 0 Å². The molecule has 0 radical (unpaired) electrons. The maximum Gasteiger partial charge on any atom is 0.267 e. The first-order valence-electron chi connectivity index (χ1n) is 5.81. The number of benzene rings is 1. The van der Waals surface area contributed by atoms with Crippen molar-refractivity contribution in [3.8, 4) is 0 Å². The first-order valence-corrected chi connectivity index (χ1v) is 7.29. The highest BCUT2D eigenvalue weighted by Gasteiger charge is 2.41. The van der Waals surface area contributed by atoms with Crippen molar-refractivity contribution < 1.29 is 36.3 Å². The largest absolute Gasteiger partial charge is 0.390 e. The summed E-state index contributed by atoms with van der Waals surface area (Å²) in [6.45, 7) is -0.253. The van der Waals surface area contributed by atoms with Crippen LogP contribution in [0.3, 0.4) is 0 Å². The number of amides is 2. The number of aliphatic hydroxyl groups is 1. The zero-order valence-corrected chi connectivity index (χ0v) is 11.5. The van der Waals surface area contributed by atoms with Gasteiger partial charge in [0.15, 0.2) is 17.5 Å². The van der Waals surface area contributed by atoms with E-state index in [2.05, 4.69) is 5.32 Å². The van der Waals surface area contributed by atoms with Gasteiger partial charge < -0.3 is 10.4 Å². The summed E-state index contributed by atoms with van der Waals surface area (Å²) in [5.41, 5.74) is 0. The van der Waals surface area contributed by atoms with E-state index in [0.717, 1.165) is 0 Å². The van der Waals surface area contributed by atoms with Crippen LogP contribution in [0.1, 0.15) is 0 Å².